The van der Waals surface area contributed by atoms with Gasteiger partial charge in [0.05, 0.1) is 25.4 Å². The van der Waals surface area contributed by atoms with Gasteiger partial charge in [-0.25, -0.2) is 4.79 Å². The summed E-state index contributed by atoms with van der Waals surface area (Å²) in [5.41, 5.74) is 1.25. The number of rotatable bonds is 8. The molecule has 1 saturated heterocycles. The zero-order valence-corrected chi connectivity index (χ0v) is 12.4. The molecular formula is C15H21NO5. The van der Waals surface area contributed by atoms with Gasteiger partial charge in [-0.2, -0.15) is 0 Å². The van der Waals surface area contributed by atoms with Gasteiger partial charge in [-0.3, -0.25) is 0 Å². The second-order valence-electron chi connectivity index (χ2n) is 4.74. The van der Waals surface area contributed by atoms with E-state index in [1.54, 1.807) is 19.2 Å². The van der Waals surface area contributed by atoms with Crippen molar-refractivity contribution in [2.45, 2.75) is 12.5 Å². The van der Waals surface area contributed by atoms with E-state index in [-0.39, 0.29) is 6.10 Å². The molecule has 1 aromatic carbocycles. The van der Waals surface area contributed by atoms with E-state index in [9.17, 15) is 4.79 Å². The zero-order valence-electron chi connectivity index (χ0n) is 12.4. The molecule has 0 radical (unpaired) electrons. The summed E-state index contributed by atoms with van der Waals surface area (Å²) in [5.74, 6) is 0.210. The molecule has 0 amide bonds. The molecular weight excluding hydrogens is 274 g/mol. The molecule has 1 aliphatic rings. The van der Waals surface area contributed by atoms with E-state index >= 15 is 0 Å². The Kier molecular flexibility index (Phi) is 5.83. The van der Waals surface area contributed by atoms with Gasteiger partial charge in [0.25, 0.3) is 0 Å². The van der Waals surface area contributed by atoms with Crippen molar-refractivity contribution < 1.29 is 23.7 Å². The number of anilines is 1. The van der Waals surface area contributed by atoms with Gasteiger partial charge in [-0.1, -0.05) is 0 Å². The molecule has 6 heteroatoms. The molecule has 1 atom stereocenters. The molecule has 21 heavy (non-hydrogen) atoms. The van der Waals surface area contributed by atoms with Crippen LogP contribution >= 0.6 is 0 Å². The molecule has 1 fully saturated rings. The van der Waals surface area contributed by atoms with Crippen LogP contribution in [0.5, 0.6) is 5.75 Å². The van der Waals surface area contributed by atoms with Crippen LogP contribution < -0.4 is 10.1 Å². The molecule has 0 aliphatic carbocycles. The van der Waals surface area contributed by atoms with Crippen molar-refractivity contribution in [3.63, 3.8) is 0 Å². The van der Waals surface area contributed by atoms with Gasteiger partial charge in [-0.15, -0.1) is 0 Å². The fraction of sp³-hybridized carbons (Fsp3) is 0.533. The maximum absolute atomic E-state index is 11.7. The maximum atomic E-state index is 11.7. The van der Waals surface area contributed by atoms with Gasteiger partial charge in [-0.05, 0) is 18.6 Å². The fourth-order valence-corrected chi connectivity index (χ4v) is 1.94. The minimum atomic E-state index is -0.393. The molecule has 116 valence electrons. The minimum absolute atomic E-state index is 0.240. The van der Waals surface area contributed by atoms with E-state index in [1.807, 2.05) is 6.07 Å². The highest BCUT2D eigenvalue weighted by Crippen LogP contribution is 2.23. The van der Waals surface area contributed by atoms with Crippen LogP contribution in [-0.4, -0.2) is 52.7 Å². The van der Waals surface area contributed by atoms with Crippen LogP contribution in [-0.2, 0) is 14.2 Å². The molecule has 1 aromatic rings. The zero-order chi connectivity index (χ0) is 15.1. The molecule has 1 N–H and O–H groups in total. The van der Waals surface area contributed by atoms with Crippen LogP contribution in [0, 0.1) is 0 Å². The Balaban J connectivity index is 2.04. The Labute approximate surface area is 124 Å². The Morgan fingerprint density at radius 3 is 2.76 bits per heavy atom. The van der Waals surface area contributed by atoms with E-state index in [1.165, 1.54) is 7.11 Å². The van der Waals surface area contributed by atoms with Crippen LogP contribution in [0.3, 0.4) is 0 Å². The fourth-order valence-electron chi connectivity index (χ4n) is 1.94. The quantitative estimate of drug-likeness (QED) is 0.581. The highest BCUT2D eigenvalue weighted by atomic mass is 16.5. The number of nitrogens with one attached hydrogen (secondary N) is 1. The standard InChI is InChI=1S/C15H21NO5/c1-18-5-6-21-14-8-11(15(17)19-2)7-12(9-14)16-10-13-3-4-20-13/h7-9,13,16H,3-6,10H2,1-2H3. The molecule has 1 heterocycles. The number of esters is 1. The predicted octanol–water partition coefficient (Wildman–Crippen LogP) is 1.70. The third-order valence-electron chi connectivity index (χ3n) is 3.21. The number of carbonyl (C=O) groups is 1. The molecule has 6 nitrogen and oxygen atoms in total. The van der Waals surface area contributed by atoms with Gasteiger partial charge < -0.3 is 24.3 Å². The Hall–Kier alpha value is -1.79. The summed E-state index contributed by atoms with van der Waals surface area (Å²) >= 11 is 0. The Bertz CT molecular complexity index is 473. The average Bonchev–Trinajstić information content (AvgIpc) is 2.45. The summed E-state index contributed by atoms with van der Waals surface area (Å²) in [6.07, 6.45) is 1.30. The lowest BCUT2D eigenvalue weighted by molar-refractivity contribution is -0.0410. The Morgan fingerprint density at radius 2 is 2.14 bits per heavy atom. The average molecular weight is 295 g/mol. The van der Waals surface area contributed by atoms with Crippen molar-refractivity contribution in [1.29, 1.82) is 0 Å². The van der Waals surface area contributed by atoms with Crippen molar-refractivity contribution in [3.05, 3.63) is 23.8 Å². The van der Waals surface area contributed by atoms with E-state index in [4.69, 9.17) is 18.9 Å². The highest BCUT2D eigenvalue weighted by molar-refractivity contribution is 5.91. The van der Waals surface area contributed by atoms with Crippen molar-refractivity contribution in [1.82, 2.24) is 0 Å². The first-order valence-electron chi connectivity index (χ1n) is 6.93. The molecule has 0 bridgehead atoms. The topological polar surface area (TPSA) is 66.0 Å². The van der Waals surface area contributed by atoms with Crippen molar-refractivity contribution in [2.24, 2.45) is 0 Å². The van der Waals surface area contributed by atoms with Crippen LogP contribution in [0.4, 0.5) is 5.69 Å². The number of benzene rings is 1. The van der Waals surface area contributed by atoms with Gasteiger partial charge in [0.15, 0.2) is 0 Å². The first kappa shape index (κ1) is 15.6. The summed E-state index contributed by atoms with van der Waals surface area (Å²) < 4.78 is 20.6. The monoisotopic (exact) mass is 295 g/mol. The summed E-state index contributed by atoms with van der Waals surface area (Å²) in [6.45, 7) is 2.44. The number of carbonyl (C=O) groups excluding carboxylic acids is 1. The van der Waals surface area contributed by atoms with Gasteiger partial charge in [0.1, 0.15) is 12.4 Å². The largest absolute Gasteiger partial charge is 0.491 e. The van der Waals surface area contributed by atoms with E-state index in [0.29, 0.717) is 31.1 Å². The van der Waals surface area contributed by atoms with Gasteiger partial charge in [0, 0.05) is 32.0 Å². The van der Waals surface area contributed by atoms with Crippen molar-refractivity contribution >= 4 is 11.7 Å². The molecule has 0 saturated carbocycles. The lowest BCUT2D eigenvalue weighted by atomic mass is 10.1. The molecule has 1 unspecified atom stereocenters. The minimum Gasteiger partial charge on any atom is -0.491 e. The molecule has 1 aliphatic heterocycles. The normalized spacial score (nSPS) is 17.0. The SMILES string of the molecule is COCCOc1cc(NCC2CCO2)cc(C(=O)OC)c1. The van der Waals surface area contributed by atoms with Crippen LogP contribution in [0.1, 0.15) is 16.8 Å². The molecule has 0 spiro atoms. The third kappa shape index (κ3) is 4.61. The molecule has 0 aromatic heterocycles. The first-order chi connectivity index (χ1) is 10.2. The third-order valence-corrected chi connectivity index (χ3v) is 3.21. The van der Waals surface area contributed by atoms with Gasteiger partial charge in [0.2, 0.25) is 0 Å². The smallest absolute Gasteiger partial charge is 0.338 e. The number of hydrogen-bond donors (Lipinski definition) is 1. The second kappa shape index (κ2) is 7.85. The second-order valence-corrected chi connectivity index (χ2v) is 4.74. The first-order valence-corrected chi connectivity index (χ1v) is 6.93. The summed E-state index contributed by atoms with van der Waals surface area (Å²) in [4.78, 5) is 11.7. The predicted molar refractivity (Wildman–Crippen MR) is 78.0 cm³/mol. The summed E-state index contributed by atoms with van der Waals surface area (Å²) in [5, 5.41) is 3.25. The molecule has 2 rings (SSSR count). The van der Waals surface area contributed by atoms with Crippen LogP contribution in [0.15, 0.2) is 18.2 Å². The van der Waals surface area contributed by atoms with Gasteiger partial charge >= 0.3 is 5.97 Å². The van der Waals surface area contributed by atoms with E-state index in [0.717, 1.165) is 18.7 Å². The number of ether oxygens (including phenoxy) is 4. The maximum Gasteiger partial charge on any atom is 0.338 e. The van der Waals surface area contributed by atoms with E-state index < -0.39 is 5.97 Å². The highest BCUT2D eigenvalue weighted by Gasteiger charge is 2.18. The van der Waals surface area contributed by atoms with Crippen molar-refractivity contribution in [3.8, 4) is 5.75 Å². The number of hydrogen-bond acceptors (Lipinski definition) is 6. The van der Waals surface area contributed by atoms with E-state index in [2.05, 4.69) is 5.32 Å². The summed E-state index contributed by atoms with van der Waals surface area (Å²) in [7, 11) is 2.97. The lowest BCUT2D eigenvalue weighted by Crippen LogP contribution is -2.33. The summed E-state index contributed by atoms with van der Waals surface area (Å²) in [6, 6.07) is 5.25. The lowest BCUT2D eigenvalue weighted by Gasteiger charge is -2.27. The van der Waals surface area contributed by atoms with Crippen LogP contribution in [0.2, 0.25) is 0 Å². The van der Waals surface area contributed by atoms with Crippen molar-refractivity contribution in [2.75, 3.05) is 45.9 Å². The number of methoxy groups -OCH3 is 2. The Morgan fingerprint density at radius 1 is 1.33 bits per heavy atom. The van der Waals surface area contributed by atoms with Crippen LogP contribution in [0.25, 0.3) is 0 Å².